The second-order valence-electron chi connectivity index (χ2n) is 2.92. The molecule has 0 radical (unpaired) electrons. The molecular formula is C10H10F4. The molecule has 0 N–H and O–H groups in total. The van der Waals surface area contributed by atoms with Crippen molar-refractivity contribution in [1.82, 2.24) is 0 Å². The van der Waals surface area contributed by atoms with Gasteiger partial charge in [0.05, 0.1) is 0 Å². The summed E-state index contributed by atoms with van der Waals surface area (Å²) in [7, 11) is 0. The molecule has 0 aliphatic carbocycles. The zero-order valence-electron chi connectivity index (χ0n) is 7.93. The van der Waals surface area contributed by atoms with Gasteiger partial charge in [0.1, 0.15) is 0 Å². The first-order chi connectivity index (χ1) is 6.54. The van der Waals surface area contributed by atoms with E-state index in [0.29, 0.717) is 0 Å². The lowest BCUT2D eigenvalue weighted by Gasteiger charge is -2.10. The number of benzene rings is 1. The van der Waals surface area contributed by atoms with Crippen LogP contribution in [0.25, 0.3) is 0 Å². The molecule has 0 heterocycles. The Labute approximate surface area is 79.6 Å². The van der Waals surface area contributed by atoms with Gasteiger partial charge in [-0.1, -0.05) is 13.8 Å². The molecule has 1 aromatic carbocycles. The van der Waals surface area contributed by atoms with Crippen LogP contribution in [-0.4, -0.2) is 0 Å². The normalized spacial score (nSPS) is 10.7. The summed E-state index contributed by atoms with van der Waals surface area (Å²) in [6.07, 6.45) is 0.284. The molecule has 0 saturated carbocycles. The van der Waals surface area contributed by atoms with Gasteiger partial charge >= 0.3 is 0 Å². The molecule has 0 aliphatic heterocycles. The summed E-state index contributed by atoms with van der Waals surface area (Å²) < 4.78 is 51.7. The largest absolute Gasteiger partial charge is 0.203 e. The van der Waals surface area contributed by atoms with E-state index in [1.54, 1.807) is 13.8 Å². The van der Waals surface area contributed by atoms with E-state index in [1.165, 1.54) is 0 Å². The summed E-state index contributed by atoms with van der Waals surface area (Å²) in [6.45, 7) is 3.13. The van der Waals surface area contributed by atoms with Gasteiger partial charge in [0.2, 0.25) is 0 Å². The fourth-order valence-electron chi connectivity index (χ4n) is 1.46. The van der Waals surface area contributed by atoms with Crippen molar-refractivity contribution in [3.05, 3.63) is 34.4 Å². The van der Waals surface area contributed by atoms with E-state index in [1.807, 2.05) is 0 Å². The molecular weight excluding hydrogens is 196 g/mol. The van der Waals surface area contributed by atoms with Gasteiger partial charge in [-0.15, -0.1) is 0 Å². The number of rotatable bonds is 2. The van der Waals surface area contributed by atoms with Crippen LogP contribution in [0, 0.1) is 23.3 Å². The van der Waals surface area contributed by atoms with Crippen LogP contribution in [0.2, 0.25) is 0 Å². The third-order valence-electron chi connectivity index (χ3n) is 2.18. The maximum atomic E-state index is 13.1. The van der Waals surface area contributed by atoms with E-state index in [2.05, 4.69) is 0 Å². The van der Waals surface area contributed by atoms with Crippen molar-refractivity contribution in [2.24, 2.45) is 0 Å². The molecule has 1 aromatic rings. The lowest BCUT2D eigenvalue weighted by molar-refractivity contribution is 0.399. The Balaban J connectivity index is 3.57. The lowest BCUT2D eigenvalue weighted by Crippen LogP contribution is -2.07. The van der Waals surface area contributed by atoms with Crippen LogP contribution < -0.4 is 0 Å². The molecule has 0 saturated heterocycles. The third kappa shape index (κ3) is 1.49. The van der Waals surface area contributed by atoms with Crippen molar-refractivity contribution in [1.29, 1.82) is 0 Å². The quantitative estimate of drug-likeness (QED) is 0.395. The molecule has 0 atom stereocenters. The Bertz CT molecular complexity index is 323. The zero-order valence-corrected chi connectivity index (χ0v) is 7.93. The molecule has 0 nitrogen and oxygen atoms in total. The first-order valence-corrected chi connectivity index (χ1v) is 4.38. The Morgan fingerprint density at radius 3 is 1.14 bits per heavy atom. The minimum absolute atomic E-state index is 0.0797. The summed E-state index contributed by atoms with van der Waals surface area (Å²) in [4.78, 5) is 0. The zero-order chi connectivity index (χ0) is 10.9. The highest BCUT2D eigenvalue weighted by atomic mass is 19.2. The van der Waals surface area contributed by atoms with Crippen molar-refractivity contribution >= 4 is 0 Å². The number of hydrogen-bond acceptors (Lipinski definition) is 0. The van der Waals surface area contributed by atoms with E-state index < -0.39 is 23.3 Å². The summed E-state index contributed by atoms with van der Waals surface area (Å²) in [5, 5.41) is 0. The Morgan fingerprint density at radius 1 is 0.643 bits per heavy atom. The van der Waals surface area contributed by atoms with Crippen molar-refractivity contribution < 1.29 is 17.6 Å². The van der Waals surface area contributed by atoms with Crippen LogP contribution in [0.3, 0.4) is 0 Å². The van der Waals surface area contributed by atoms with Crippen LogP contribution >= 0.6 is 0 Å². The third-order valence-corrected chi connectivity index (χ3v) is 2.18. The van der Waals surface area contributed by atoms with Gasteiger partial charge in [0, 0.05) is 0 Å². The molecule has 0 fully saturated rings. The van der Waals surface area contributed by atoms with Crippen molar-refractivity contribution in [3.8, 4) is 0 Å². The molecule has 0 bridgehead atoms. The fraction of sp³-hybridized carbons (Fsp3) is 0.400. The molecule has 0 aliphatic rings. The smallest absolute Gasteiger partial charge is 0.197 e. The predicted molar refractivity (Wildman–Crippen MR) is 45.0 cm³/mol. The number of halogens is 4. The van der Waals surface area contributed by atoms with Crippen molar-refractivity contribution in [2.75, 3.05) is 0 Å². The topological polar surface area (TPSA) is 0 Å². The van der Waals surface area contributed by atoms with E-state index >= 15 is 0 Å². The van der Waals surface area contributed by atoms with Gasteiger partial charge in [-0.25, -0.2) is 17.6 Å². The predicted octanol–water partition coefficient (Wildman–Crippen LogP) is 3.37. The SMILES string of the molecule is CCc1c(F)c(F)c(F)c(F)c1CC. The maximum Gasteiger partial charge on any atom is 0.197 e. The van der Waals surface area contributed by atoms with Crippen LogP contribution in [0.4, 0.5) is 17.6 Å². The van der Waals surface area contributed by atoms with Gasteiger partial charge in [-0.2, -0.15) is 0 Å². The average Bonchev–Trinajstić information content (AvgIpc) is 2.20. The van der Waals surface area contributed by atoms with Crippen LogP contribution in [0.5, 0.6) is 0 Å². The van der Waals surface area contributed by atoms with E-state index in [0.717, 1.165) is 0 Å². The van der Waals surface area contributed by atoms with Gasteiger partial charge in [-0.3, -0.25) is 0 Å². The highest BCUT2D eigenvalue weighted by Crippen LogP contribution is 2.24. The molecule has 0 aromatic heterocycles. The van der Waals surface area contributed by atoms with Crippen molar-refractivity contribution in [3.63, 3.8) is 0 Å². The summed E-state index contributed by atoms with van der Waals surface area (Å²) in [5.74, 6) is -6.00. The minimum Gasteiger partial charge on any atom is -0.203 e. The Morgan fingerprint density at radius 2 is 0.929 bits per heavy atom. The standard InChI is InChI=1S/C10H10F4/c1-3-5-6(4-2)8(12)10(14)9(13)7(5)11/h3-4H2,1-2H3. The van der Waals surface area contributed by atoms with E-state index in [4.69, 9.17) is 0 Å². The Hall–Kier alpha value is -1.06. The van der Waals surface area contributed by atoms with E-state index in [9.17, 15) is 17.6 Å². The first kappa shape index (κ1) is 11.0. The van der Waals surface area contributed by atoms with Gasteiger partial charge in [-0.05, 0) is 24.0 Å². The van der Waals surface area contributed by atoms with Crippen LogP contribution in [-0.2, 0) is 12.8 Å². The monoisotopic (exact) mass is 206 g/mol. The second-order valence-corrected chi connectivity index (χ2v) is 2.92. The average molecular weight is 206 g/mol. The Kier molecular flexibility index (Phi) is 3.13. The molecule has 14 heavy (non-hydrogen) atoms. The van der Waals surface area contributed by atoms with Gasteiger partial charge in [0.15, 0.2) is 23.3 Å². The van der Waals surface area contributed by atoms with Crippen LogP contribution in [0.1, 0.15) is 25.0 Å². The summed E-state index contributed by atoms with van der Waals surface area (Å²) in [6, 6.07) is 0. The molecule has 0 amide bonds. The summed E-state index contributed by atoms with van der Waals surface area (Å²) in [5.41, 5.74) is -0.159. The van der Waals surface area contributed by atoms with Gasteiger partial charge in [0.25, 0.3) is 0 Å². The molecule has 78 valence electrons. The maximum absolute atomic E-state index is 13.1. The highest BCUT2D eigenvalue weighted by Gasteiger charge is 2.22. The molecule has 0 unspecified atom stereocenters. The fourth-order valence-corrected chi connectivity index (χ4v) is 1.46. The lowest BCUT2D eigenvalue weighted by atomic mass is 10.0. The minimum atomic E-state index is -1.73. The highest BCUT2D eigenvalue weighted by molar-refractivity contribution is 5.32. The van der Waals surface area contributed by atoms with Gasteiger partial charge < -0.3 is 0 Å². The number of hydrogen-bond donors (Lipinski definition) is 0. The van der Waals surface area contributed by atoms with E-state index in [-0.39, 0.29) is 24.0 Å². The first-order valence-electron chi connectivity index (χ1n) is 4.38. The van der Waals surface area contributed by atoms with Crippen molar-refractivity contribution in [2.45, 2.75) is 26.7 Å². The molecule has 4 heteroatoms. The van der Waals surface area contributed by atoms with Crippen LogP contribution in [0.15, 0.2) is 0 Å². The molecule has 1 rings (SSSR count). The summed E-state index contributed by atoms with van der Waals surface area (Å²) >= 11 is 0. The second kappa shape index (κ2) is 3.98. The molecule has 0 spiro atoms.